The van der Waals surface area contributed by atoms with Gasteiger partial charge < -0.3 is 4.74 Å². The van der Waals surface area contributed by atoms with Gasteiger partial charge in [-0.1, -0.05) is 31.5 Å². The summed E-state index contributed by atoms with van der Waals surface area (Å²) >= 11 is 6.10. The van der Waals surface area contributed by atoms with Crippen LogP contribution in [0.4, 0.5) is 0 Å². The number of halogens is 1. The zero-order valence-corrected chi connectivity index (χ0v) is 20.3. The molecule has 0 N–H and O–H groups in total. The summed E-state index contributed by atoms with van der Waals surface area (Å²) in [4.78, 5) is 25.2. The molecular weight excluding hydrogens is 438 g/mol. The van der Waals surface area contributed by atoms with Crippen LogP contribution in [0, 0.1) is 27.7 Å². The average Bonchev–Trinajstić information content (AvgIpc) is 2.71. The first-order chi connectivity index (χ1) is 14.4. The summed E-state index contributed by atoms with van der Waals surface area (Å²) in [5, 5.41) is 0.0148. The second-order valence-electron chi connectivity index (χ2n) is 7.37. The number of hydrogen-bond acceptors (Lipinski definition) is 5. The third-order valence-corrected chi connectivity index (χ3v) is 8.00. The molecule has 0 fully saturated rings. The van der Waals surface area contributed by atoms with Crippen LogP contribution in [0.25, 0.3) is 0 Å². The predicted molar refractivity (Wildman–Crippen MR) is 122 cm³/mol. The Kier molecular flexibility index (Phi) is 8.03. The van der Waals surface area contributed by atoms with Crippen LogP contribution in [0.1, 0.15) is 56.8 Å². The molecule has 2 aromatic carbocycles. The lowest BCUT2D eigenvalue weighted by molar-refractivity contribution is 0.0474. The Morgan fingerprint density at radius 3 is 2.03 bits per heavy atom. The van der Waals surface area contributed by atoms with Crippen molar-refractivity contribution in [1.29, 1.82) is 0 Å². The molecule has 31 heavy (non-hydrogen) atoms. The number of carbonyl (C=O) groups is 2. The maximum Gasteiger partial charge on any atom is 0.338 e. The van der Waals surface area contributed by atoms with Gasteiger partial charge in [0.1, 0.15) is 4.90 Å². The third kappa shape index (κ3) is 5.17. The topological polar surface area (TPSA) is 80.8 Å². The lowest BCUT2D eigenvalue weighted by Crippen LogP contribution is -2.31. The Labute approximate surface area is 189 Å². The van der Waals surface area contributed by atoms with Crippen molar-refractivity contribution in [3.63, 3.8) is 0 Å². The van der Waals surface area contributed by atoms with Gasteiger partial charge >= 0.3 is 5.97 Å². The van der Waals surface area contributed by atoms with E-state index in [0.717, 1.165) is 22.3 Å². The fourth-order valence-electron chi connectivity index (χ4n) is 3.45. The molecule has 0 aliphatic carbocycles. The molecule has 0 aromatic heterocycles. The van der Waals surface area contributed by atoms with Gasteiger partial charge in [0, 0.05) is 18.7 Å². The number of sulfonamides is 1. The maximum absolute atomic E-state index is 12.8. The van der Waals surface area contributed by atoms with Crippen LogP contribution in [-0.4, -0.2) is 44.2 Å². The molecule has 0 saturated heterocycles. The second-order valence-corrected chi connectivity index (χ2v) is 9.68. The summed E-state index contributed by atoms with van der Waals surface area (Å²) in [5.41, 5.74) is 4.23. The summed E-state index contributed by atoms with van der Waals surface area (Å²) in [6.07, 6.45) is 0. The molecule has 0 heterocycles. The summed E-state index contributed by atoms with van der Waals surface area (Å²) in [5.74, 6) is -1.10. The lowest BCUT2D eigenvalue weighted by Gasteiger charge is -2.19. The van der Waals surface area contributed by atoms with Gasteiger partial charge in [-0.15, -0.1) is 0 Å². The summed E-state index contributed by atoms with van der Waals surface area (Å²) in [6, 6.07) is 5.92. The predicted octanol–water partition coefficient (Wildman–Crippen LogP) is 4.64. The van der Waals surface area contributed by atoms with E-state index in [2.05, 4.69) is 0 Å². The van der Waals surface area contributed by atoms with Gasteiger partial charge in [0.2, 0.25) is 15.8 Å². The van der Waals surface area contributed by atoms with Crippen molar-refractivity contribution >= 4 is 33.4 Å². The van der Waals surface area contributed by atoms with Crippen molar-refractivity contribution in [2.24, 2.45) is 0 Å². The van der Waals surface area contributed by atoms with Crippen LogP contribution in [-0.2, 0) is 14.8 Å². The zero-order valence-electron chi connectivity index (χ0n) is 18.7. The number of nitrogens with zero attached hydrogens (tertiary/aromatic N) is 1. The first-order valence-corrected chi connectivity index (χ1v) is 11.8. The van der Waals surface area contributed by atoms with E-state index in [1.807, 2.05) is 33.8 Å². The van der Waals surface area contributed by atoms with Crippen LogP contribution >= 0.6 is 11.6 Å². The van der Waals surface area contributed by atoms with E-state index in [-0.39, 0.29) is 34.4 Å². The van der Waals surface area contributed by atoms with Crippen molar-refractivity contribution in [2.45, 2.75) is 46.4 Å². The van der Waals surface area contributed by atoms with E-state index in [1.54, 1.807) is 13.8 Å². The van der Waals surface area contributed by atoms with Crippen LogP contribution in [0.15, 0.2) is 29.2 Å². The highest BCUT2D eigenvalue weighted by molar-refractivity contribution is 7.89. The maximum atomic E-state index is 12.8. The minimum atomic E-state index is -3.86. The van der Waals surface area contributed by atoms with E-state index in [9.17, 15) is 18.0 Å². The smallest absolute Gasteiger partial charge is 0.338 e. The van der Waals surface area contributed by atoms with Crippen LogP contribution in [0.5, 0.6) is 0 Å². The second kappa shape index (κ2) is 9.94. The standard InChI is InChI=1S/C23H28ClNO5S/c1-7-25(8-2)31(28,29)21-12-18(9-10-19(21)24)23(27)30-13-20(26)22-16(5)14(3)11-15(4)17(22)6/h9-12H,7-8,13H2,1-6H3. The molecule has 168 valence electrons. The molecular formula is C23H28ClNO5S. The van der Waals surface area contributed by atoms with Gasteiger partial charge in [0.25, 0.3) is 0 Å². The minimum absolute atomic E-state index is 0.0109. The Bertz CT molecular complexity index is 1100. The molecule has 0 unspecified atom stereocenters. The number of esters is 1. The average molecular weight is 466 g/mol. The van der Waals surface area contributed by atoms with Gasteiger partial charge in [-0.05, 0) is 68.1 Å². The molecule has 2 aromatic rings. The van der Waals surface area contributed by atoms with Gasteiger partial charge in [-0.3, -0.25) is 4.79 Å². The monoisotopic (exact) mass is 465 g/mol. The Balaban J connectivity index is 2.28. The highest BCUT2D eigenvalue weighted by Crippen LogP contribution is 2.26. The summed E-state index contributed by atoms with van der Waals surface area (Å²) in [7, 11) is -3.86. The van der Waals surface area contributed by atoms with E-state index in [1.165, 1.54) is 22.5 Å². The molecule has 2 rings (SSSR count). The molecule has 0 saturated carbocycles. The van der Waals surface area contributed by atoms with Crippen molar-refractivity contribution in [3.8, 4) is 0 Å². The number of aryl methyl sites for hydroxylation is 2. The van der Waals surface area contributed by atoms with E-state index < -0.39 is 22.6 Å². The number of benzene rings is 2. The number of ketones is 1. The molecule has 6 nitrogen and oxygen atoms in total. The Morgan fingerprint density at radius 1 is 0.968 bits per heavy atom. The first kappa shape index (κ1) is 25.0. The number of carbonyl (C=O) groups excluding carboxylic acids is 2. The lowest BCUT2D eigenvalue weighted by atomic mass is 9.92. The first-order valence-electron chi connectivity index (χ1n) is 10.0. The highest BCUT2D eigenvalue weighted by atomic mass is 35.5. The fraction of sp³-hybridized carbons (Fsp3) is 0.391. The SMILES string of the molecule is CCN(CC)S(=O)(=O)c1cc(C(=O)OCC(=O)c2c(C)c(C)cc(C)c2C)ccc1Cl. The van der Waals surface area contributed by atoms with Crippen LogP contribution < -0.4 is 0 Å². The van der Waals surface area contributed by atoms with Crippen molar-refractivity contribution < 1.29 is 22.7 Å². The van der Waals surface area contributed by atoms with E-state index in [4.69, 9.17) is 16.3 Å². The van der Waals surface area contributed by atoms with Crippen LogP contribution in [0.2, 0.25) is 5.02 Å². The number of hydrogen-bond donors (Lipinski definition) is 0. The van der Waals surface area contributed by atoms with Gasteiger partial charge in [-0.2, -0.15) is 4.31 Å². The van der Waals surface area contributed by atoms with Crippen molar-refractivity contribution in [2.75, 3.05) is 19.7 Å². The molecule has 0 bridgehead atoms. The van der Waals surface area contributed by atoms with Gasteiger partial charge in [0.05, 0.1) is 10.6 Å². The summed E-state index contributed by atoms with van der Waals surface area (Å²) < 4.78 is 32.1. The molecule has 0 atom stereocenters. The fourth-order valence-corrected chi connectivity index (χ4v) is 5.41. The van der Waals surface area contributed by atoms with Crippen molar-refractivity contribution in [3.05, 3.63) is 62.7 Å². The molecule has 0 radical (unpaired) electrons. The highest BCUT2D eigenvalue weighted by Gasteiger charge is 2.26. The molecule has 0 aliphatic rings. The van der Waals surface area contributed by atoms with E-state index >= 15 is 0 Å². The van der Waals surface area contributed by atoms with Crippen LogP contribution in [0.3, 0.4) is 0 Å². The Morgan fingerprint density at radius 2 is 1.52 bits per heavy atom. The normalized spacial score (nSPS) is 11.6. The Hall–Kier alpha value is -2.22. The largest absolute Gasteiger partial charge is 0.454 e. The number of Topliss-reactive ketones (excluding diaryl/α,β-unsaturated/α-hetero) is 1. The van der Waals surface area contributed by atoms with E-state index in [0.29, 0.717) is 5.56 Å². The summed E-state index contributed by atoms with van der Waals surface area (Å²) in [6.45, 7) is 11.1. The zero-order chi connectivity index (χ0) is 23.5. The number of rotatable bonds is 8. The molecule has 8 heteroatoms. The van der Waals surface area contributed by atoms with Gasteiger partial charge in [0.15, 0.2) is 6.61 Å². The molecule has 0 spiro atoms. The molecule has 0 aliphatic heterocycles. The third-order valence-electron chi connectivity index (χ3n) is 5.47. The number of ether oxygens (including phenoxy) is 1. The van der Waals surface area contributed by atoms with Gasteiger partial charge in [-0.25, -0.2) is 13.2 Å². The molecule has 0 amide bonds. The minimum Gasteiger partial charge on any atom is -0.454 e. The quantitative estimate of drug-likeness (QED) is 0.419. The van der Waals surface area contributed by atoms with Crippen molar-refractivity contribution in [1.82, 2.24) is 4.31 Å².